The largest absolute Gasteiger partial charge is 0.393 e. The van der Waals surface area contributed by atoms with Gasteiger partial charge in [-0.15, -0.1) is 0 Å². The van der Waals surface area contributed by atoms with Crippen LogP contribution in [0.1, 0.15) is 71.1 Å². The second kappa shape index (κ2) is 10.4. The van der Waals surface area contributed by atoms with Crippen molar-refractivity contribution in [2.75, 3.05) is 0 Å². The summed E-state index contributed by atoms with van der Waals surface area (Å²) in [5, 5.41) is 9.84. The maximum Gasteiger partial charge on any atom is 0.273 e. The quantitative estimate of drug-likeness (QED) is 0.561. The molecule has 0 aliphatic carbocycles. The molecule has 0 saturated carbocycles. The van der Waals surface area contributed by atoms with Gasteiger partial charge in [0.15, 0.2) is 0 Å². The van der Waals surface area contributed by atoms with E-state index in [4.69, 9.17) is 0 Å². The van der Waals surface area contributed by atoms with E-state index < -0.39 is 6.10 Å². The van der Waals surface area contributed by atoms with E-state index in [1.807, 2.05) is 0 Å². The first-order valence-corrected chi connectivity index (χ1v) is 8.10. The van der Waals surface area contributed by atoms with Crippen LogP contribution in [0, 0.1) is 0 Å². The van der Waals surface area contributed by atoms with Crippen molar-refractivity contribution in [3.63, 3.8) is 0 Å². The average molecular weight is 293 g/mol. The molecule has 1 atom stereocenters. The number of amides is 1. The van der Waals surface area contributed by atoms with Gasteiger partial charge in [-0.3, -0.25) is 9.59 Å². The van der Waals surface area contributed by atoms with Crippen molar-refractivity contribution < 1.29 is 14.7 Å². The Morgan fingerprint density at radius 1 is 1.19 bits per heavy atom. The van der Waals surface area contributed by atoms with Crippen LogP contribution in [0.15, 0.2) is 16.6 Å². The third-order valence-electron chi connectivity index (χ3n) is 3.73. The molecule has 1 aliphatic heterocycles. The molecule has 21 heavy (non-hydrogen) atoms. The molecule has 1 aliphatic rings. The van der Waals surface area contributed by atoms with Crippen molar-refractivity contribution in [3.05, 3.63) is 11.6 Å². The Morgan fingerprint density at radius 2 is 1.86 bits per heavy atom. The van der Waals surface area contributed by atoms with E-state index in [0.29, 0.717) is 12.0 Å². The molecule has 0 aromatic carbocycles. The van der Waals surface area contributed by atoms with Crippen LogP contribution in [0.25, 0.3) is 0 Å². The van der Waals surface area contributed by atoms with Crippen LogP contribution in [0.2, 0.25) is 0 Å². The molecule has 0 aromatic heterocycles. The number of hydrogen-bond acceptors (Lipinski definition) is 3. The van der Waals surface area contributed by atoms with Crippen molar-refractivity contribution in [2.45, 2.75) is 77.2 Å². The van der Waals surface area contributed by atoms with Crippen molar-refractivity contribution in [2.24, 2.45) is 4.99 Å². The number of nitrogens with zero attached hydrogens (tertiary/aromatic N) is 1. The summed E-state index contributed by atoms with van der Waals surface area (Å²) in [6.07, 6.45) is 11.7. The fourth-order valence-corrected chi connectivity index (χ4v) is 2.47. The summed E-state index contributed by atoms with van der Waals surface area (Å²) >= 11 is 0. The highest BCUT2D eigenvalue weighted by molar-refractivity contribution is 6.10. The highest BCUT2D eigenvalue weighted by Gasteiger charge is 2.17. The summed E-state index contributed by atoms with van der Waals surface area (Å²) in [4.78, 5) is 26.6. The van der Waals surface area contributed by atoms with Gasteiger partial charge < -0.3 is 5.11 Å². The minimum absolute atomic E-state index is 0.0875. The summed E-state index contributed by atoms with van der Waals surface area (Å²) < 4.78 is 0. The van der Waals surface area contributed by atoms with Crippen LogP contribution in [-0.2, 0) is 9.59 Å². The van der Waals surface area contributed by atoms with E-state index in [-0.39, 0.29) is 24.5 Å². The zero-order valence-electron chi connectivity index (χ0n) is 13.0. The molecule has 0 radical (unpaired) electrons. The molecular weight excluding hydrogens is 266 g/mol. The van der Waals surface area contributed by atoms with Crippen molar-refractivity contribution in [1.82, 2.24) is 0 Å². The number of hydrogen-bond donors (Lipinski definition) is 1. The Bertz CT molecular complexity index is 399. The van der Waals surface area contributed by atoms with Gasteiger partial charge in [0.2, 0.25) is 0 Å². The van der Waals surface area contributed by atoms with Crippen LogP contribution >= 0.6 is 0 Å². The van der Waals surface area contributed by atoms with Crippen LogP contribution in [0.3, 0.4) is 0 Å². The lowest BCUT2D eigenvalue weighted by molar-refractivity contribution is -0.122. The van der Waals surface area contributed by atoms with Crippen molar-refractivity contribution in [3.8, 4) is 0 Å². The van der Waals surface area contributed by atoms with Gasteiger partial charge in [0.25, 0.3) is 5.91 Å². The number of unbranched alkanes of at least 4 members (excludes halogenated alkanes) is 6. The SMILES string of the molecule is CCCCCCCCCC(O)CC(=O)CC1=CC=NC1=O. The minimum atomic E-state index is -0.578. The molecule has 118 valence electrons. The Labute approximate surface area is 127 Å². The number of aliphatic hydroxyl groups is 1. The first kappa shape index (κ1) is 17.8. The molecule has 0 saturated heterocycles. The molecule has 1 rings (SSSR count). The van der Waals surface area contributed by atoms with E-state index in [1.165, 1.54) is 38.3 Å². The number of aliphatic hydroxyl groups excluding tert-OH is 1. The monoisotopic (exact) mass is 293 g/mol. The molecule has 1 N–H and O–H groups in total. The maximum absolute atomic E-state index is 11.8. The lowest BCUT2D eigenvalue weighted by Crippen LogP contribution is -2.14. The highest BCUT2D eigenvalue weighted by atomic mass is 16.3. The molecule has 0 aromatic rings. The number of carbonyl (C=O) groups is 2. The molecule has 0 fully saturated rings. The second-order valence-corrected chi connectivity index (χ2v) is 5.76. The topological polar surface area (TPSA) is 66.7 Å². The van der Waals surface area contributed by atoms with Crippen LogP contribution in [-0.4, -0.2) is 29.1 Å². The molecular formula is C17H27NO3. The van der Waals surface area contributed by atoms with Crippen LogP contribution in [0.5, 0.6) is 0 Å². The Balaban J connectivity index is 2.03. The van der Waals surface area contributed by atoms with Gasteiger partial charge in [-0.05, 0) is 12.5 Å². The fourth-order valence-electron chi connectivity index (χ4n) is 2.47. The van der Waals surface area contributed by atoms with Crippen LogP contribution in [0.4, 0.5) is 0 Å². The third-order valence-corrected chi connectivity index (χ3v) is 3.73. The molecule has 0 spiro atoms. The van der Waals surface area contributed by atoms with Gasteiger partial charge in [-0.25, -0.2) is 4.99 Å². The zero-order chi connectivity index (χ0) is 15.5. The second-order valence-electron chi connectivity index (χ2n) is 5.76. The molecule has 1 unspecified atom stereocenters. The molecule has 4 heteroatoms. The number of allylic oxidation sites excluding steroid dienone is 1. The Hall–Kier alpha value is -1.29. The number of rotatable bonds is 12. The van der Waals surface area contributed by atoms with Crippen molar-refractivity contribution in [1.29, 1.82) is 0 Å². The Kier molecular flexibility index (Phi) is 8.83. The van der Waals surface area contributed by atoms with Gasteiger partial charge >= 0.3 is 0 Å². The van der Waals surface area contributed by atoms with E-state index >= 15 is 0 Å². The summed E-state index contributed by atoms with van der Waals surface area (Å²) in [5.41, 5.74) is 0.433. The predicted octanol–water partition coefficient (Wildman–Crippen LogP) is 3.37. The maximum atomic E-state index is 11.8. The van der Waals surface area contributed by atoms with Gasteiger partial charge in [-0.2, -0.15) is 0 Å². The van der Waals surface area contributed by atoms with E-state index in [2.05, 4.69) is 11.9 Å². The number of aliphatic imine (C=N–C) groups is 1. The van der Waals surface area contributed by atoms with Gasteiger partial charge in [-0.1, -0.05) is 51.9 Å². The van der Waals surface area contributed by atoms with Gasteiger partial charge in [0.05, 0.1) is 6.10 Å². The standard InChI is InChI=1S/C17H27NO3/c1-2-3-4-5-6-7-8-9-15(19)13-16(20)12-14-10-11-18-17(14)21/h10-11,15,19H,2-9,12-13H2,1H3. The number of carbonyl (C=O) groups excluding carboxylic acids is 2. The van der Waals surface area contributed by atoms with Gasteiger partial charge in [0.1, 0.15) is 5.78 Å². The molecule has 0 bridgehead atoms. The molecule has 1 amide bonds. The lowest BCUT2D eigenvalue weighted by atomic mass is 10.0. The van der Waals surface area contributed by atoms with Crippen LogP contribution < -0.4 is 0 Å². The first-order valence-electron chi connectivity index (χ1n) is 8.10. The normalized spacial score (nSPS) is 15.3. The first-order chi connectivity index (χ1) is 10.1. The van der Waals surface area contributed by atoms with E-state index in [0.717, 1.165) is 12.8 Å². The predicted molar refractivity (Wildman–Crippen MR) is 84.4 cm³/mol. The average Bonchev–Trinajstić information content (AvgIpc) is 2.83. The van der Waals surface area contributed by atoms with E-state index in [9.17, 15) is 14.7 Å². The lowest BCUT2D eigenvalue weighted by Gasteiger charge is -2.09. The zero-order valence-corrected chi connectivity index (χ0v) is 13.0. The van der Waals surface area contributed by atoms with Crippen molar-refractivity contribution >= 4 is 17.9 Å². The summed E-state index contributed by atoms with van der Waals surface area (Å²) in [7, 11) is 0. The smallest absolute Gasteiger partial charge is 0.273 e. The third kappa shape index (κ3) is 7.90. The summed E-state index contributed by atoms with van der Waals surface area (Å²) in [5.74, 6) is -0.416. The van der Waals surface area contributed by atoms with Gasteiger partial charge in [0, 0.05) is 24.6 Å². The summed E-state index contributed by atoms with van der Waals surface area (Å²) in [6.45, 7) is 2.20. The number of ketones is 1. The summed E-state index contributed by atoms with van der Waals surface area (Å²) in [6, 6.07) is 0. The fraction of sp³-hybridized carbons (Fsp3) is 0.706. The number of Topliss-reactive ketones (excluding diaryl/α,β-unsaturated/α-hetero) is 1. The Morgan fingerprint density at radius 3 is 2.48 bits per heavy atom. The minimum Gasteiger partial charge on any atom is -0.393 e. The highest BCUT2D eigenvalue weighted by Crippen LogP contribution is 2.14. The molecule has 4 nitrogen and oxygen atoms in total. The van der Waals surface area contributed by atoms with E-state index in [1.54, 1.807) is 6.08 Å². The molecule has 1 heterocycles.